The van der Waals surface area contributed by atoms with E-state index in [1.54, 1.807) is 24.9 Å². The highest BCUT2D eigenvalue weighted by molar-refractivity contribution is 5.96. The Morgan fingerprint density at radius 2 is 2.24 bits per heavy atom. The van der Waals surface area contributed by atoms with Crippen molar-refractivity contribution in [2.75, 3.05) is 19.8 Å². The van der Waals surface area contributed by atoms with Crippen LogP contribution in [0, 0.1) is 20.8 Å². The molecule has 0 radical (unpaired) electrons. The lowest BCUT2D eigenvalue weighted by Gasteiger charge is -2.34. The van der Waals surface area contributed by atoms with Crippen molar-refractivity contribution in [2.45, 2.75) is 26.8 Å². The van der Waals surface area contributed by atoms with Gasteiger partial charge in [0.05, 0.1) is 18.9 Å². The second-order valence-electron chi connectivity index (χ2n) is 5.24. The smallest absolute Gasteiger partial charge is 0.260 e. The van der Waals surface area contributed by atoms with Crippen LogP contribution in [0.4, 0.5) is 0 Å². The van der Waals surface area contributed by atoms with Gasteiger partial charge in [-0.25, -0.2) is 4.98 Å². The van der Waals surface area contributed by atoms with Gasteiger partial charge in [0.1, 0.15) is 23.2 Å². The van der Waals surface area contributed by atoms with Crippen molar-refractivity contribution in [1.29, 1.82) is 0 Å². The molecule has 3 rings (SSSR count). The number of hydrogen-bond donors (Lipinski definition) is 1. The van der Waals surface area contributed by atoms with E-state index in [0.29, 0.717) is 36.8 Å². The van der Waals surface area contributed by atoms with Crippen LogP contribution in [0.25, 0.3) is 0 Å². The highest BCUT2D eigenvalue weighted by atomic mass is 16.5. The number of carbonyl (C=O) groups is 1. The summed E-state index contributed by atoms with van der Waals surface area (Å²) in [6.07, 6.45) is 1.75. The molecule has 2 aromatic heterocycles. The third kappa shape index (κ3) is 2.44. The van der Waals surface area contributed by atoms with Gasteiger partial charge in [0, 0.05) is 18.4 Å². The largest absolute Gasteiger partial charge is 0.377 e. The third-order valence-electron chi connectivity index (χ3n) is 3.67. The first-order valence-electron chi connectivity index (χ1n) is 6.91. The molecule has 1 N–H and O–H groups in total. The number of aromatic nitrogens is 3. The summed E-state index contributed by atoms with van der Waals surface area (Å²) in [7, 11) is 0. The molecule has 1 aliphatic rings. The summed E-state index contributed by atoms with van der Waals surface area (Å²) >= 11 is 0. The minimum atomic E-state index is -0.214. The van der Waals surface area contributed by atoms with Gasteiger partial charge >= 0.3 is 0 Å². The zero-order valence-corrected chi connectivity index (χ0v) is 12.3. The number of hydrogen-bond acceptors (Lipinski definition) is 5. The molecule has 1 atom stereocenters. The molecule has 1 amide bonds. The molecule has 7 nitrogen and oxygen atoms in total. The molecule has 21 heavy (non-hydrogen) atoms. The van der Waals surface area contributed by atoms with Crippen LogP contribution < -0.4 is 0 Å². The predicted molar refractivity (Wildman–Crippen MR) is 73.9 cm³/mol. The molecule has 0 bridgehead atoms. The maximum Gasteiger partial charge on any atom is 0.260 e. The summed E-state index contributed by atoms with van der Waals surface area (Å²) in [4.78, 5) is 22.1. The number of aryl methyl sites for hydroxylation is 3. The molecule has 1 unspecified atom stereocenters. The van der Waals surface area contributed by atoms with E-state index in [0.717, 1.165) is 11.5 Å². The Kier molecular flexibility index (Phi) is 3.50. The molecule has 0 saturated carbocycles. The fourth-order valence-electron chi connectivity index (χ4n) is 2.61. The average molecular weight is 290 g/mol. The molecule has 1 aliphatic heterocycles. The first kappa shape index (κ1) is 13.8. The van der Waals surface area contributed by atoms with Gasteiger partial charge in [-0.15, -0.1) is 0 Å². The van der Waals surface area contributed by atoms with Gasteiger partial charge in [-0.3, -0.25) is 4.79 Å². The lowest BCUT2D eigenvalue weighted by Crippen LogP contribution is -2.44. The highest BCUT2D eigenvalue weighted by Gasteiger charge is 2.33. The first-order chi connectivity index (χ1) is 10.1. The summed E-state index contributed by atoms with van der Waals surface area (Å²) in [6.45, 7) is 6.93. The summed E-state index contributed by atoms with van der Waals surface area (Å²) in [5.41, 5.74) is 2.10. The lowest BCUT2D eigenvalue weighted by molar-refractivity contribution is -0.00513. The number of nitrogens with one attached hydrogen (secondary N) is 1. The fourth-order valence-corrected chi connectivity index (χ4v) is 2.61. The Labute approximate surface area is 122 Å². The average Bonchev–Trinajstić information content (AvgIpc) is 3.05. The molecule has 7 heteroatoms. The van der Waals surface area contributed by atoms with E-state index in [2.05, 4.69) is 15.1 Å². The highest BCUT2D eigenvalue weighted by Crippen LogP contribution is 2.26. The number of morpholine rings is 1. The molecule has 2 aromatic rings. The van der Waals surface area contributed by atoms with Crippen molar-refractivity contribution in [1.82, 2.24) is 20.0 Å². The Balaban J connectivity index is 1.93. The van der Waals surface area contributed by atoms with E-state index in [1.807, 2.05) is 6.92 Å². The van der Waals surface area contributed by atoms with Crippen LogP contribution in [-0.4, -0.2) is 45.7 Å². The minimum absolute atomic E-state index is 0.0893. The maximum absolute atomic E-state index is 12.8. The van der Waals surface area contributed by atoms with E-state index < -0.39 is 0 Å². The van der Waals surface area contributed by atoms with Crippen LogP contribution in [0.3, 0.4) is 0 Å². The molecule has 3 heterocycles. The fraction of sp³-hybridized carbons (Fsp3) is 0.500. The number of rotatable bonds is 2. The van der Waals surface area contributed by atoms with Crippen LogP contribution in [0.1, 0.15) is 39.4 Å². The molecule has 112 valence electrons. The van der Waals surface area contributed by atoms with E-state index >= 15 is 0 Å². The first-order valence-corrected chi connectivity index (χ1v) is 6.91. The van der Waals surface area contributed by atoms with Crippen LogP contribution in [0.15, 0.2) is 10.7 Å². The molecular formula is C14H18N4O3. The molecule has 0 aliphatic carbocycles. The molecule has 0 spiro atoms. The van der Waals surface area contributed by atoms with E-state index in [9.17, 15) is 4.79 Å². The van der Waals surface area contributed by atoms with Crippen molar-refractivity contribution in [3.8, 4) is 0 Å². The topological polar surface area (TPSA) is 84.2 Å². The van der Waals surface area contributed by atoms with Crippen LogP contribution in [0.2, 0.25) is 0 Å². The van der Waals surface area contributed by atoms with Gasteiger partial charge in [-0.05, 0) is 20.8 Å². The molecular weight excluding hydrogens is 272 g/mol. The van der Waals surface area contributed by atoms with Crippen LogP contribution in [0.5, 0.6) is 0 Å². The van der Waals surface area contributed by atoms with Crippen molar-refractivity contribution >= 4 is 5.91 Å². The second kappa shape index (κ2) is 5.33. The summed E-state index contributed by atoms with van der Waals surface area (Å²) < 4.78 is 10.6. The van der Waals surface area contributed by atoms with Crippen molar-refractivity contribution in [3.05, 3.63) is 34.7 Å². The number of aromatic amines is 1. The monoisotopic (exact) mass is 290 g/mol. The molecule has 1 saturated heterocycles. The zero-order valence-electron chi connectivity index (χ0n) is 12.3. The number of carbonyl (C=O) groups excluding carboxylic acids is 1. The number of nitrogens with zero attached hydrogens (tertiary/aromatic N) is 3. The van der Waals surface area contributed by atoms with Crippen molar-refractivity contribution in [3.63, 3.8) is 0 Å². The predicted octanol–water partition coefficient (Wildman–Crippen LogP) is 1.54. The summed E-state index contributed by atoms with van der Waals surface area (Å²) in [5, 5.41) is 3.86. The Morgan fingerprint density at radius 3 is 2.86 bits per heavy atom. The van der Waals surface area contributed by atoms with Gasteiger partial charge < -0.3 is 19.1 Å². The second-order valence-corrected chi connectivity index (χ2v) is 5.24. The number of ether oxygens (including phenoxy) is 1. The van der Waals surface area contributed by atoms with Gasteiger partial charge in [-0.1, -0.05) is 5.16 Å². The minimum Gasteiger partial charge on any atom is -0.377 e. The molecule has 1 fully saturated rings. The molecule has 0 aromatic carbocycles. The van der Waals surface area contributed by atoms with E-state index in [4.69, 9.17) is 9.26 Å². The van der Waals surface area contributed by atoms with Crippen molar-refractivity contribution < 1.29 is 14.1 Å². The Bertz CT molecular complexity index is 641. The number of imidazole rings is 1. The van der Waals surface area contributed by atoms with Crippen LogP contribution in [-0.2, 0) is 4.74 Å². The van der Waals surface area contributed by atoms with Gasteiger partial charge in [0.15, 0.2) is 0 Å². The normalized spacial score (nSPS) is 19.0. The quantitative estimate of drug-likeness (QED) is 0.906. The standard InChI is InChI=1S/C14H18N4O3/c1-8-6-15-13(16-8)11-7-20-5-4-18(11)14(19)12-9(2)17-21-10(12)3/h6,11H,4-5,7H2,1-3H3,(H,15,16). The van der Waals surface area contributed by atoms with Gasteiger partial charge in [0.25, 0.3) is 5.91 Å². The Hall–Kier alpha value is -2.15. The zero-order chi connectivity index (χ0) is 15.0. The maximum atomic E-state index is 12.8. The summed E-state index contributed by atoms with van der Waals surface area (Å²) in [5.74, 6) is 1.19. The van der Waals surface area contributed by atoms with Crippen molar-refractivity contribution in [2.24, 2.45) is 0 Å². The van der Waals surface area contributed by atoms with E-state index in [-0.39, 0.29) is 11.9 Å². The Morgan fingerprint density at radius 1 is 1.43 bits per heavy atom. The number of amides is 1. The van der Waals surface area contributed by atoms with Crippen LogP contribution >= 0.6 is 0 Å². The van der Waals surface area contributed by atoms with E-state index in [1.165, 1.54) is 0 Å². The number of H-pyrrole nitrogens is 1. The SMILES string of the molecule is Cc1cnc(C2COCCN2C(=O)c2c(C)noc2C)[nH]1. The van der Waals surface area contributed by atoms with Gasteiger partial charge in [-0.2, -0.15) is 0 Å². The van der Waals surface area contributed by atoms with Gasteiger partial charge in [0.2, 0.25) is 0 Å². The third-order valence-corrected chi connectivity index (χ3v) is 3.67. The summed E-state index contributed by atoms with van der Waals surface area (Å²) in [6, 6.07) is -0.214. The lowest BCUT2D eigenvalue weighted by atomic mass is 10.1.